The highest BCUT2D eigenvalue weighted by atomic mass is 32.1. The van der Waals surface area contributed by atoms with Gasteiger partial charge in [-0.25, -0.2) is 9.97 Å². The van der Waals surface area contributed by atoms with Crippen molar-refractivity contribution < 1.29 is 0 Å². The molecule has 1 aliphatic carbocycles. The van der Waals surface area contributed by atoms with Crippen LogP contribution in [0.25, 0.3) is 0 Å². The van der Waals surface area contributed by atoms with Gasteiger partial charge in [0, 0.05) is 36.6 Å². The van der Waals surface area contributed by atoms with Gasteiger partial charge in [0.2, 0.25) is 0 Å². The first-order valence-corrected chi connectivity index (χ1v) is 7.32. The molecule has 18 heavy (non-hydrogen) atoms. The highest BCUT2D eigenvalue weighted by Gasteiger charge is 2.20. The molecule has 1 fully saturated rings. The van der Waals surface area contributed by atoms with E-state index in [0.29, 0.717) is 0 Å². The lowest BCUT2D eigenvalue weighted by molar-refractivity contribution is 0.671. The zero-order valence-corrected chi connectivity index (χ0v) is 11.4. The molecule has 1 N–H and O–H groups in total. The van der Waals surface area contributed by atoms with Crippen LogP contribution in [0.4, 0.5) is 0 Å². The van der Waals surface area contributed by atoms with Crippen LogP contribution in [0.5, 0.6) is 0 Å². The number of aromatic nitrogens is 3. The summed E-state index contributed by atoms with van der Waals surface area (Å²) in [5.41, 5.74) is 4.22. The number of hydrogen-bond acceptors (Lipinski definition) is 4. The van der Waals surface area contributed by atoms with Crippen molar-refractivity contribution in [3.05, 3.63) is 34.3 Å². The summed E-state index contributed by atoms with van der Waals surface area (Å²) in [6, 6.07) is 0.745. The fraction of sp³-hybridized carbons (Fsp3) is 0.538. The van der Waals surface area contributed by atoms with Gasteiger partial charge >= 0.3 is 0 Å². The van der Waals surface area contributed by atoms with Gasteiger partial charge in [-0.1, -0.05) is 0 Å². The molecule has 96 valence electrons. The highest BCUT2D eigenvalue weighted by Crippen LogP contribution is 2.19. The summed E-state index contributed by atoms with van der Waals surface area (Å²) < 4.78 is 2.17. The monoisotopic (exact) mass is 262 g/mol. The van der Waals surface area contributed by atoms with E-state index in [1.54, 1.807) is 11.3 Å². The van der Waals surface area contributed by atoms with Gasteiger partial charge in [0.15, 0.2) is 0 Å². The second-order valence-corrected chi connectivity index (χ2v) is 5.81. The molecular formula is C13H18N4S. The molecule has 0 spiro atoms. The first-order chi connectivity index (χ1) is 8.81. The molecule has 0 saturated heterocycles. The standard InChI is InChI=1S/C13H18N4S/c1-10-13(18-9-16-10)4-5-17-7-12(15-8-17)6-14-11-2-3-11/h7-9,11,14H,2-6H2,1H3. The maximum absolute atomic E-state index is 4.43. The molecule has 0 unspecified atom stereocenters. The van der Waals surface area contributed by atoms with Crippen molar-refractivity contribution in [2.75, 3.05) is 0 Å². The third-order valence-corrected chi connectivity index (χ3v) is 4.27. The second-order valence-electron chi connectivity index (χ2n) is 4.87. The maximum Gasteiger partial charge on any atom is 0.0950 e. The van der Waals surface area contributed by atoms with E-state index in [4.69, 9.17) is 0 Å². The Labute approximate surface area is 111 Å². The van der Waals surface area contributed by atoms with Gasteiger partial charge in [-0.3, -0.25) is 0 Å². The van der Waals surface area contributed by atoms with Gasteiger partial charge in [0.25, 0.3) is 0 Å². The van der Waals surface area contributed by atoms with Gasteiger partial charge in [0.1, 0.15) is 0 Å². The Morgan fingerprint density at radius 1 is 1.44 bits per heavy atom. The number of thiazole rings is 1. The second kappa shape index (κ2) is 5.20. The third-order valence-electron chi connectivity index (χ3n) is 3.28. The molecule has 2 heterocycles. The summed E-state index contributed by atoms with van der Waals surface area (Å²) in [6.07, 6.45) is 7.77. The Kier molecular flexibility index (Phi) is 3.43. The van der Waals surface area contributed by atoms with E-state index >= 15 is 0 Å². The first-order valence-electron chi connectivity index (χ1n) is 6.44. The largest absolute Gasteiger partial charge is 0.337 e. The molecule has 2 aromatic heterocycles. The maximum atomic E-state index is 4.43. The molecule has 0 atom stereocenters. The van der Waals surface area contributed by atoms with Crippen molar-refractivity contribution in [3.8, 4) is 0 Å². The van der Waals surface area contributed by atoms with Crippen LogP contribution in [0.3, 0.4) is 0 Å². The quantitative estimate of drug-likeness (QED) is 0.867. The van der Waals surface area contributed by atoms with Gasteiger partial charge in [-0.2, -0.15) is 0 Å². The first kappa shape index (κ1) is 11.9. The van der Waals surface area contributed by atoms with Crippen LogP contribution in [0.1, 0.15) is 29.1 Å². The summed E-state index contributed by atoms with van der Waals surface area (Å²) in [4.78, 5) is 10.1. The SMILES string of the molecule is Cc1ncsc1CCn1cnc(CNC2CC2)c1. The predicted molar refractivity (Wildman–Crippen MR) is 72.6 cm³/mol. The fourth-order valence-electron chi connectivity index (χ4n) is 1.95. The number of hydrogen-bond donors (Lipinski definition) is 1. The third kappa shape index (κ3) is 2.97. The van der Waals surface area contributed by atoms with Crippen LogP contribution in [-0.2, 0) is 19.5 Å². The summed E-state index contributed by atoms with van der Waals surface area (Å²) >= 11 is 1.74. The Morgan fingerprint density at radius 3 is 3.06 bits per heavy atom. The topological polar surface area (TPSA) is 42.7 Å². The minimum atomic E-state index is 0.745. The fourth-order valence-corrected chi connectivity index (χ4v) is 2.72. The highest BCUT2D eigenvalue weighted by molar-refractivity contribution is 7.09. The summed E-state index contributed by atoms with van der Waals surface area (Å²) in [7, 11) is 0. The molecule has 5 heteroatoms. The van der Waals surface area contributed by atoms with Crippen molar-refractivity contribution in [3.63, 3.8) is 0 Å². The molecule has 0 aliphatic heterocycles. The average Bonchev–Trinajstić information content (AvgIpc) is 2.94. The van der Waals surface area contributed by atoms with Gasteiger partial charge < -0.3 is 9.88 Å². The van der Waals surface area contributed by atoms with Crippen molar-refractivity contribution in [2.45, 2.75) is 45.3 Å². The zero-order valence-electron chi connectivity index (χ0n) is 10.6. The van der Waals surface area contributed by atoms with Crippen LogP contribution >= 0.6 is 11.3 Å². The van der Waals surface area contributed by atoms with Crippen LogP contribution in [-0.4, -0.2) is 20.6 Å². The average molecular weight is 262 g/mol. The normalized spacial score (nSPS) is 15.2. The number of nitrogens with zero attached hydrogens (tertiary/aromatic N) is 3. The number of nitrogens with one attached hydrogen (secondary N) is 1. The van der Waals surface area contributed by atoms with Crippen molar-refractivity contribution in [1.82, 2.24) is 19.9 Å². The van der Waals surface area contributed by atoms with E-state index < -0.39 is 0 Å². The number of aryl methyl sites for hydroxylation is 3. The predicted octanol–water partition coefficient (Wildman–Crippen LogP) is 2.14. The lowest BCUT2D eigenvalue weighted by Crippen LogP contribution is -2.15. The van der Waals surface area contributed by atoms with E-state index in [1.165, 1.54) is 17.7 Å². The molecule has 0 aromatic carbocycles. The van der Waals surface area contributed by atoms with Gasteiger partial charge in [-0.15, -0.1) is 11.3 Å². The number of imidazole rings is 1. The van der Waals surface area contributed by atoms with Crippen LogP contribution in [0.2, 0.25) is 0 Å². The molecular weight excluding hydrogens is 244 g/mol. The molecule has 1 aliphatic rings. The summed E-state index contributed by atoms with van der Waals surface area (Å²) in [5.74, 6) is 0. The van der Waals surface area contributed by atoms with E-state index in [9.17, 15) is 0 Å². The van der Waals surface area contributed by atoms with E-state index in [0.717, 1.165) is 36.9 Å². The molecule has 2 aromatic rings. The molecule has 3 rings (SSSR count). The minimum absolute atomic E-state index is 0.745. The van der Waals surface area contributed by atoms with Crippen LogP contribution < -0.4 is 5.32 Å². The van der Waals surface area contributed by atoms with Crippen molar-refractivity contribution >= 4 is 11.3 Å². The van der Waals surface area contributed by atoms with Crippen LogP contribution in [0, 0.1) is 6.92 Å². The van der Waals surface area contributed by atoms with Gasteiger partial charge in [0.05, 0.1) is 23.2 Å². The smallest absolute Gasteiger partial charge is 0.0950 e. The van der Waals surface area contributed by atoms with Crippen molar-refractivity contribution in [2.24, 2.45) is 0 Å². The van der Waals surface area contributed by atoms with E-state index in [-0.39, 0.29) is 0 Å². The summed E-state index contributed by atoms with van der Waals surface area (Å²) in [5, 5.41) is 3.48. The lowest BCUT2D eigenvalue weighted by Gasteiger charge is -2.01. The molecule has 1 saturated carbocycles. The summed E-state index contributed by atoms with van der Waals surface area (Å²) in [6.45, 7) is 3.96. The zero-order chi connectivity index (χ0) is 12.4. The Bertz CT molecular complexity index is 513. The number of rotatable bonds is 6. The van der Waals surface area contributed by atoms with E-state index in [2.05, 4.69) is 33.0 Å². The molecule has 0 bridgehead atoms. The Morgan fingerprint density at radius 2 is 2.33 bits per heavy atom. The molecule has 4 nitrogen and oxygen atoms in total. The molecule has 0 amide bonds. The van der Waals surface area contributed by atoms with Crippen LogP contribution in [0.15, 0.2) is 18.0 Å². The van der Waals surface area contributed by atoms with Crippen molar-refractivity contribution in [1.29, 1.82) is 0 Å². The lowest BCUT2D eigenvalue weighted by atomic mass is 10.3. The molecule has 0 radical (unpaired) electrons. The van der Waals surface area contributed by atoms with E-state index in [1.807, 2.05) is 11.8 Å². The Hall–Kier alpha value is -1.20. The minimum Gasteiger partial charge on any atom is -0.337 e. The van der Waals surface area contributed by atoms with Gasteiger partial charge in [-0.05, 0) is 19.8 Å². The Balaban J connectivity index is 1.51.